The molecule has 3 rings (SSSR count). The number of amides is 1. The smallest absolute Gasteiger partial charge is 0.221 e. The van der Waals surface area contributed by atoms with E-state index in [1.807, 2.05) is 6.07 Å². The highest BCUT2D eigenvalue weighted by atomic mass is 19.1. The fraction of sp³-hybridized carbons (Fsp3) is 0.611. The highest BCUT2D eigenvalue weighted by Gasteiger charge is 2.26. The third-order valence-corrected chi connectivity index (χ3v) is 5.12. The number of piperazine rings is 1. The number of hydrogen-bond donors (Lipinski definition) is 1. The van der Waals surface area contributed by atoms with Gasteiger partial charge in [-0.15, -0.1) is 0 Å². The first-order chi connectivity index (χ1) is 11.2. The molecule has 1 atom stereocenters. The first-order valence-electron chi connectivity index (χ1n) is 8.68. The lowest BCUT2D eigenvalue weighted by molar-refractivity contribution is -0.122. The van der Waals surface area contributed by atoms with E-state index in [9.17, 15) is 9.18 Å². The summed E-state index contributed by atoms with van der Waals surface area (Å²) in [5.74, 6) is -0.0712. The predicted octanol–water partition coefficient (Wildman–Crippen LogP) is 1.96. The fourth-order valence-corrected chi connectivity index (χ4v) is 3.61. The number of carbonyl (C=O) groups is 1. The molecule has 23 heavy (non-hydrogen) atoms. The van der Waals surface area contributed by atoms with Crippen LogP contribution >= 0.6 is 0 Å². The maximum absolute atomic E-state index is 13.7. The van der Waals surface area contributed by atoms with Crippen LogP contribution in [0.25, 0.3) is 0 Å². The van der Waals surface area contributed by atoms with Crippen LogP contribution in [0.5, 0.6) is 0 Å². The Bertz CT molecular complexity index is 555. The summed E-state index contributed by atoms with van der Waals surface area (Å²) in [6.07, 6.45) is 2.04. The Balaban J connectivity index is 1.45. The topological polar surface area (TPSA) is 35.6 Å². The van der Waals surface area contributed by atoms with Crippen LogP contribution in [0.15, 0.2) is 18.2 Å². The summed E-state index contributed by atoms with van der Waals surface area (Å²) < 4.78 is 13.7. The number of fused-ring (bicyclic) bond motifs is 1. The quantitative estimate of drug-likeness (QED) is 0.901. The molecule has 1 amide bonds. The van der Waals surface area contributed by atoms with Crippen molar-refractivity contribution in [1.82, 2.24) is 15.1 Å². The number of nitrogens with one attached hydrogen (secondary N) is 1. The van der Waals surface area contributed by atoms with E-state index in [1.165, 1.54) is 6.07 Å². The molecule has 0 bridgehead atoms. The van der Waals surface area contributed by atoms with Crippen molar-refractivity contribution in [3.05, 3.63) is 35.1 Å². The second-order valence-electron chi connectivity index (χ2n) is 6.49. The van der Waals surface area contributed by atoms with E-state index in [2.05, 4.69) is 22.0 Å². The summed E-state index contributed by atoms with van der Waals surface area (Å²) >= 11 is 0. The molecule has 1 aliphatic carbocycles. The van der Waals surface area contributed by atoms with E-state index in [1.54, 1.807) is 6.07 Å². The van der Waals surface area contributed by atoms with Gasteiger partial charge in [-0.25, -0.2) is 4.39 Å². The van der Waals surface area contributed by atoms with Gasteiger partial charge >= 0.3 is 0 Å². The SMILES string of the molecule is CCN1CCN(CCC(=O)N[C@H]2CCc3c(F)cccc32)CC1. The molecule has 1 fully saturated rings. The Hall–Kier alpha value is -1.46. The van der Waals surface area contributed by atoms with Crippen molar-refractivity contribution in [3.8, 4) is 0 Å². The summed E-state index contributed by atoms with van der Waals surface area (Å²) in [6, 6.07) is 5.13. The van der Waals surface area contributed by atoms with E-state index >= 15 is 0 Å². The number of likely N-dealkylation sites (N-methyl/N-ethyl adjacent to an activating group) is 1. The minimum Gasteiger partial charge on any atom is -0.349 e. The van der Waals surface area contributed by atoms with Crippen molar-refractivity contribution < 1.29 is 9.18 Å². The number of hydrogen-bond acceptors (Lipinski definition) is 3. The molecule has 1 aromatic rings. The van der Waals surface area contributed by atoms with E-state index < -0.39 is 0 Å². The largest absolute Gasteiger partial charge is 0.349 e. The Morgan fingerprint density at radius 1 is 1.26 bits per heavy atom. The zero-order valence-electron chi connectivity index (χ0n) is 13.9. The van der Waals surface area contributed by atoms with Crippen molar-refractivity contribution in [2.45, 2.75) is 32.2 Å². The molecule has 0 unspecified atom stereocenters. The van der Waals surface area contributed by atoms with Gasteiger partial charge < -0.3 is 15.1 Å². The summed E-state index contributed by atoms with van der Waals surface area (Å²) in [5, 5.41) is 3.08. The van der Waals surface area contributed by atoms with Crippen LogP contribution in [-0.4, -0.2) is 55.0 Å². The Labute approximate surface area is 137 Å². The average Bonchev–Trinajstić information content (AvgIpc) is 2.98. The van der Waals surface area contributed by atoms with Gasteiger partial charge in [-0.2, -0.15) is 0 Å². The first-order valence-corrected chi connectivity index (χ1v) is 8.68. The monoisotopic (exact) mass is 319 g/mol. The van der Waals surface area contributed by atoms with Gasteiger partial charge in [0.1, 0.15) is 5.82 Å². The first kappa shape index (κ1) is 16.4. The molecular weight excluding hydrogens is 293 g/mol. The molecule has 2 aliphatic rings. The number of carbonyl (C=O) groups excluding carboxylic acids is 1. The van der Waals surface area contributed by atoms with Gasteiger partial charge in [0.2, 0.25) is 5.91 Å². The third-order valence-electron chi connectivity index (χ3n) is 5.12. The van der Waals surface area contributed by atoms with Crippen LogP contribution in [0, 0.1) is 5.82 Å². The lowest BCUT2D eigenvalue weighted by atomic mass is 10.1. The standard InChI is InChI=1S/C18H26FN3O/c1-2-21-10-12-22(13-11-21)9-8-18(23)20-17-7-6-14-15(17)4-3-5-16(14)19/h3-5,17H,2,6-13H2,1H3,(H,20,23)/t17-/m0/s1. The molecule has 1 aliphatic heterocycles. The minimum atomic E-state index is -0.145. The maximum Gasteiger partial charge on any atom is 0.221 e. The molecule has 126 valence electrons. The van der Waals surface area contributed by atoms with Crippen LogP contribution in [0.1, 0.15) is 36.9 Å². The van der Waals surface area contributed by atoms with Crippen LogP contribution in [0.4, 0.5) is 4.39 Å². The van der Waals surface area contributed by atoms with Crippen LogP contribution in [-0.2, 0) is 11.2 Å². The fourth-order valence-electron chi connectivity index (χ4n) is 3.61. The van der Waals surface area contributed by atoms with Gasteiger partial charge in [0, 0.05) is 39.1 Å². The number of halogens is 1. The van der Waals surface area contributed by atoms with Gasteiger partial charge in [0.25, 0.3) is 0 Å². The van der Waals surface area contributed by atoms with E-state index in [-0.39, 0.29) is 17.8 Å². The molecule has 5 heteroatoms. The van der Waals surface area contributed by atoms with Gasteiger partial charge in [0.15, 0.2) is 0 Å². The maximum atomic E-state index is 13.7. The Morgan fingerprint density at radius 2 is 2.00 bits per heavy atom. The second-order valence-corrected chi connectivity index (χ2v) is 6.49. The lowest BCUT2D eigenvalue weighted by Gasteiger charge is -2.33. The zero-order valence-corrected chi connectivity index (χ0v) is 13.9. The second kappa shape index (κ2) is 7.41. The van der Waals surface area contributed by atoms with Crippen molar-refractivity contribution in [1.29, 1.82) is 0 Å². The van der Waals surface area contributed by atoms with Crippen molar-refractivity contribution in [2.24, 2.45) is 0 Å². The zero-order chi connectivity index (χ0) is 16.2. The number of benzene rings is 1. The molecule has 1 heterocycles. The molecule has 0 spiro atoms. The Kier molecular flexibility index (Phi) is 5.28. The Morgan fingerprint density at radius 3 is 2.74 bits per heavy atom. The summed E-state index contributed by atoms with van der Waals surface area (Å²) in [5.41, 5.74) is 1.73. The normalized spacial score (nSPS) is 22.1. The molecule has 0 saturated carbocycles. The lowest BCUT2D eigenvalue weighted by Crippen LogP contribution is -2.47. The average molecular weight is 319 g/mol. The minimum absolute atomic E-state index is 0.0230. The molecule has 0 aromatic heterocycles. The molecule has 1 N–H and O–H groups in total. The summed E-state index contributed by atoms with van der Waals surface area (Å²) in [7, 11) is 0. The van der Waals surface area contributed by atoms with Crippen molar-refractivity contribution in [3.63, 3.8) is 0 Å². The molecule has 4 nitrogen and oxygen atoms in total. The van der Waals surface area contributed by atoms with Crippen molar-refractivity contribution >= 4 is 5.91 Å². The third kappa shape index (κ3) is 3.90. The van der Waals surface area contributed by atoms with Crippen LogP contribution in [0.2, 0.25) is 0 Å². The predicted molar refractivity (Wildman–Crippen MR) is 88.8 cm³/mol. The highest BCUT2D eigenvalue weighted by Crippen LogP contribution is 2.32. The number of nitrogens with zero attached hydrogens (tertiary/aromatic N) is 2. The molecular formula is C18H26FN3O. The van der Waals surface area contributed by atoms with Crippen LogP contribution < -0.4 is 5.32 Å². The van der Waals surface area contributed by atoms with Gasteiger partial charge in [-0.1, -0.05) is 19.1 Å². The molecule has 1 saturated heterocycles. The molecule has 1 aromatic carbocycles. The van der Waals surface area contributed by atoms with E-state index in [4.69, 9.17) is 0 Å². The van der Waals surface area contributed by atoms with Crippen LogP contribution in [0.3, 0.4) is 0 Å². The van der Waals surface area contributed by atoms with Gasteiger partial charge in [0.05, 0.1) is 6.04 Å². The van der Waals surface area contributed by atoms with Gasteiger partial charge in [-0.05, 0) is 36.6 Å². The van der Waals surface area contributed by atoms with Gasteiger partial charge in [-0.3, -0.25) is 4.79 Å². The van der Waals surface area contributed by atoms with Crippen molar-refractivity contribution in [2.75, 3.05) is 39.3 Å². The highest BCUT2D eigenvalue weighted by molar-refractivity contribution is 5.76. The van der Waals surface area contributed by atoms with E-state index in [0.717, 1.165) is 56.8 Å². The summed E-state index contributed by atoms with van der Waals surface area (Å²) in [4.78, 5) is 17.0. The summed E-state index contributed by atoms with van der Waals surface area (Å²) in [6.45, 7) is 8.36. The molecule has 0 radical (unpaired) electrons. The van der Waals surface area contributed by atoms with E-state index in [0.29, 0.717) is 12.8 Å². The number of rotatable bonds is 5.